The van der Waals surface area contributed by atoms with Gasteiger partial charge in [-0.25, -0.2) is 4.98 Å². The molecule has 6 heteroatoms. The molecule has 0 bridgehead atoms. The lowest BCUT2D eigenvalue weighted by Crippen LogP contribution is -2.11. The number of amides is 1. The number of carbonyl (C=O) groups excluding carboxylic acids is 1. The topological polar surface area (TPSA) is 77.2 Å². The van der Waals surface area contributed by atoms with Gasteiger partial charge in [0.15, 0.2) is 0 Å². The molecule has 0 spiro atoms. The number of carbonyl (C=O) groups is 1. The molecule has 0 fully saturated rings. The Balaban J connectivity index is 2.09. The molecule has 0 unspecified atom stereocenters. The van der Waals surface area contributed by atoms with Crippen LogP contribution in [-0.2, 0) is 6.54 Å². The van der Waals surface area contributed by atoms with Gasteiger partial charge in [0.05, 0.1) is 17.8 Å². The van der Waals surface area contributed by atoms with Crippen LogP contribution in [0.5, 0.6) is 5.88 Å². The van der Waals surface area contributed by atoms with Crippen LogP contribution in [0.25, 0.3) is 0 Å². The number of nitrogens with zero attached hydrogens (tertiary/aromatic N) is 1. The lowest BCUT2D eigenvalue weighted by molar-refractivity contribution is 0.100. The standard InChI is InChI=1S/C14H14ClN3O2/c1-20-13-5-2-9(8-18-13)7-17-12-6-10(14(16)19)3-4-11(12)15/h2-6,8,17H,7H2,1H3,(H2,16,19). The van der Waals surface area contributed by atoms with Gasteiger partial charge >= 0.3 is 0 Å². The normalized spacial score (nSPS) is 10.1. The van der Waals surface area contributed by atoms with E-state index in [1.807, 2.05) is 6.07 Å². The van der Waals surface area contributed by atoms with Crippen molar-refractivity contribution >= 4 is 23.2 Å². The minimum absolute atomic E-state index is 0.407. The van der Waals surface area contributed by atoms with Crippen molar-refractivity contribution in [2.45, 2.75) is 6.54 Å². The maximum absolute atomic E-state index is 11.1. The van der Waals surface area contributed by atoms with Gasteiger partial charge in [0.2, 0.25) is 11.8 Å². The van der Waals surface area contributed by atoms with Gasteiger partial charge in [-0.3, -0.25) is 4.79 Å². The summed E-state index contributed by atoms with van der Waals surface area (Å²) in [5.74, 6) is 0.0679. The van der Waals surface area contributed by atoms with E-state index in [9.17, 15) is 4.79 Å². The Kier molecular flexibility index (Phi) is 4.42. The zero-order chi connectivity index (χ0) is 14.5. The molecule has 0 atom stereocenters. The van der Waals surface area contributed by atoms with Crippen molar-refractivity contribution in [1.82, 2.24) is 4.98 Å². The van der Waals surface area contributed by atoms with Crippen LogP contribution in [0.1, 0.15) is 15.9 Å². The van der Waals surface area contributed by atoms with Gasteiger partial charge < -0.3 is 15.8 Å². The van der Waals surface area contributed by atoms with Crippen molar-refractivity contribution in [1.29, 1.82) is 0 Å². The average molecular weight is 292 g/mol. The van der Waals surface area contributed by atoms with Crippen molar-refractivity contribution in [3.8, 4) is 5.88 Å². The van der Waals surface area contributed by atoms with E-state index < -0.39 is 5.91 Å². The molecule has 0 radical (unpaired) electrons. The van der Waals surface area contributed by atoms with E-state index in [1.165, 1.54) is 0 Å². The quantitative estimate of drug-likeness (QED) is 0.887. The summed E-state index contributed by atoms with van der Waals surface area (Å²) in [7, 11) is 1.56. The molecule has 0 aliphatic carbocycles. The molecular formula is C14H14ClN3O2. The second kappa shape index (κ2) is 6.25. The number of anilines is 1. The molecule has 3 N–H and O–H groups in total. The van der Waals surface area contributed by atoms with E-state index in [-0.39, 0.29) is 0 Å². The first-order valence-corrected chi connectivity index (χ1v) is 6.30. The van der Waals surface area contributed by atoms with E-state index in [2.05, 4.69) is 10.3 Å². The smallest absolute Gasteiger partial charge is 0.248 e. The summed E-state index contributed by atoms with van der Waals surface area (Å²) in [6.07, 6.45) is 1.71. The number of rotatable bonds is 5. The van der Waals surface area contributed by atoms with Crippen LogP contribution < -0.4 is 15.8 Å². The molecule has 2 aromatic rings. The van der Waals surface area contributed by atoms with Crippen LogP contribution in [0.4, 0.5) is 5.69 Å². The molecular weight excluding hydrogens is 278 g/mol. The number of aromatic nitrogens is 1. The minimum atomic E-state index is -0.490. The fraction of sp³-hybridized carbons (Fsp3) is 0.143. The predicted molar refractivity (Wildman–Crippen MR) is 78.1 cm³/mol. The van der Waals surface area contributed by atoms with Gasteiger partial charge in [-0.05, 0) is 23.8 Å². The van der Waals surface area contributed by atoms with E-state index in [4.69, 9.17) is 22.1 Å². The second-order valence-corrected chi connectivity index (χ2v) is 4.53. The highest BCUT2D eigenvalue weighted by atomic mass is 35.5. The molecule has 1 heterocycles. The Morgan fingerprint density at radius 2 is 2.20 bits per heavy atom. The number of halogens is 1. The molecule has 104 valence electrons. The highest BCUT2D eigenvalue weighted by Gasteiger charge is 2.06. The Bertz CT molecular complexity index is 614. The number of hydrogen-bond acceptors (Lipinski definition) is 4. The SMILES string of the molecule is COc1ccc(CNc2cc(C(N)=O)ccc2Cl)cn1. The number of ether oxygens (including phenoxy) is 1. The largest absolute Gasteiger partial charge is 0.481 e. The molecule has 0 saturated heterocycles. The average Bonchev–Trinajstić information content (AvgIpc) is 2.46. The van der Waals surface area contributed by atoms with Gasteiger partial charge in [-0.1, -0.05) is 17.7 Å². The summed E-state index contributed by atoms with van der Waals surface area (Å²) >= 11 is 6.06. The number of benzene rings is 1. The number of nitrogens with one attached hydrogen (secondary N) is 1. The molecule has 0 saturated carbocycles. The van der Waals surface area contributed by atoms with Gasteiger partial charge in [-0.15, -0.1) is 0 Å². The Morgan fingerprint density at radius 3 is 2.80 bits per heavy atom. The number of hydrogen-bond donors (Lipinski definition) is 2. The first-order valence-electron chi connectivity index (χ1n) is 5.92. The Hall–Kier alpha value is -2.27. The monoisotopic (exact) mass is 291 g/mol. The highest BCUT2D eigenvalue weighted by molar-refractivity contribution is 6.33. The van der Waals surface area contributed by atoms with Crippen molar-refractivity contribution in [3.63, 3.8) is 0 Å². The highest BCUT2D eigenvalue weighted by Crippen LogP contribution is 2.23. The summed E-state index contributed by atoms with van der Waals surface area (Å²) in [4.78, 5) is 15.2. The van der Waals surface area contributed by atoms with Crippen LogP contribution in [0, 0.1) is 0 Å². The third-order valence-electron chi connectivity index (χ3n) is 2.74. The summed E-state index contributed by atoms with van der Waals surface area (Å²) in [5.41, 5.74) is 7.26. The first kappa shape index (κ1) is 14.1. The minimum Gasteiger partial charge on any atom is -0.481 e. The summed E-state index contributed by atoms with van der Waals surface area (Å²) < 4.78 is 4.99. The van der Waals surface area contributed by atoms with Gasteiger partial charge in [0.1, 0.15) is 0 Å². The molecule has 1 amide bonds. The van der Waals surface area contributed by atoms with E-state index in [1.54, 1.807) is 37.6 Å². The molecule has 2 rings (SSSR count). The summed E-state index contributed by atoms with van der Waals surface area (Å²) in [5, 5.41) is 3.67. The predicted octanol–water partition coefficient (Wildman–Crippen LogP) is 2.45. The molecule has 1 aromatic heterocycles. The van der Waals surface area contributed by atoms with Crippen LogP contribution >= 0.6 is 11.6 Å². The van der Waals surface area contributed by atoms with E-state index >= 15 is 0 Å². The van der Waals surface area contributed by atoms with Crippen LogP contribution in [0.2, 0.25) is 5.02 Å². The molecule has 20 heavy (non-hydrogen) atoms. The van der Waals surface area contributed by atoms with E-state index in [0.29, 0.717) is 28.7 Å². The number of methoxy groups -OCH3 is 1. The fourth-order valence-electron chi connectivity index (χ4n) is 1.65. The van der Waals surface area contributed by atoms with Crippen molar-refractivity contribution < 1.29 is 9.53 Å². The maximum Gasteiger partial charge on any atom is 0.248 e. The van der Waals surface area contributed by atoms with Crippen LogP contribution in [-0.4, -0.2) is 18.0 Å². The summed E-state index contributed by atoms with van der Waals surface area (Å²) in [6.45, 7) is 0.527. The van der Waals surface area contributed by atoms with Gasteiger partial charge in [0.25, 0.3) is 0 Å². The second-order valence-electron chi connectivity index (χ2n) is 4.12. The van der Waals surface area contributed by atoms with Crippen molar-refractivity contribution in [2.75, 3.05) is 12.4 Å². The zero-order valence-corrected chi connectivity index (χ0v) is 11.6. The molecule has 0 aliphatic rings. The van der Waals surface area contributed by atoms with Crippen LogP contribution in [0.3, 0.4) is 0 Å². The Labute approximate surface area is 121 Å². The maximum atomic E-state index is 11.1. The van der Waals surface area contributed by atoms with E-state index in [0.717, 1.165) is 5.56 Å². The summed E-state index contributed by atoms with van der Waals surface area (Å²) in [6, 6.07) is 8.52. The van der Waals surface area contributed by atoms with Crippen LogP contribution in [0.15, 0.2) is 36.5 Å². The lowest BCUT2D eigenvalue weighted by atomic mass is 10.2. The number of primary amides is 1. The number of pyridine rings is 1. The lowest BCUT2D eigenvalue weighted by Gasteiger charge is -2.09. The molecule has 5 nitrogen and oxygen atoms in total. The molecule has 1 aromatic carbocycles. The van der Waals surface area contributed by atoms with Gasteiger partial charge in [0, 0.05) is 24.4 Å². The molecule has 0 aliphatic heterocycles. The third-order valence-corrected chi connectivity index (χ3v) is 3.07. The number of nitrogens with two attached hydrogens (primary N) is 1. The Morgan fingerprint density at radius 1 is 1.40 bits per heavy atom. The van der Waals surface area contributed by atoms with Crippen molar-refractivity contribution in [2.24, 2.45) is 5.73 Å². The van der Waals surface area contributed by atoms with Crippen molar-refractivity contribution in [3.05, 3.63) is 52.7 Å². The zero-order valence-electron chi connectivity index (χ0n) is 10.9. The third kappa shape index (κ3) is 3.39. The van der Waals surface area contributed by atoms with Gasteiger partial charge in [-0.2, -0.15) is 0 Å². The first-order chi connectivity index (χ1) is 9.60. The fourth-order valence-corrected chi connectivity index (χ4v) is 1.83.